The molecule has 0 bridgehead atoms. The molecule has 1 rings (SSSR count). The Bertz CT molecular complexity index is 118. The first kappa shape index (κ1) is 11.0. The van der Waals surface area contributed by atoms with E-state index in [1.807, 2.05) is 0 Å². The summed E-state index contributed by atoms with van der Waals surface area (Å²) in [6, 6.07) is 0. The van der Waals surface area contributed by atoms with E-state index in [9.17, 15) is 0 Å². The maximum absolute atomic E-state index is 5.42. The molecule has 3 heteroatoms. The number of rotatable bonds is 5. The molecule has 13 heavy (non-hydrogen) atoms. The van der Waals surface area contributed by atoms with E-state index in [2.05, 4.69) is 24.1 Å². The van der Waals surface area contributed by atoms with Gasteiger partial charge in [0.15, 0.2) is 0 Å². The van der Waals surface area contributed by atoms with Crippen LogP contribution in [0.25, 0.3) is 0 Å². The Morgan fingerprint density at radius 2 is 2.00 bits per heavy atom. The van der Waals surface area contributed by atoms with Crippen molar-refractivity contribution >= 4 is 0 Å². The van der Waals surface area contributed by atoms with Crippen LogP contribution in [0.4, 0.5) is 0 Å². The molecule has 0 N–H and O–H groups in total. The fraction of sp³-hybridized carbons (Fsp3) is 1.00. The van der Waals surface area contributed by atoms with Crippen molar-refractivity contribution in [3.8, 4) is 0 Å². The van der Waals surface area contributed by atoms with Crippen molar-refractivity contribution in [2.75, 3.05) is 32.8 Å². The van der Waals surface area contributed by atoms with Gasteiger partial charge in [0.05, 0.1) is 19.4 Å². The summed E-state index contributed by atoms with van der Waals surface area (Å²) in [4.78, 5) is 2.43. The highest BCUT2D eigenvalue weighted by atomic mass is 16.5. The van der Waals surface area contributed by atoms with Crippen LogP contribution < -0.4 is 5.32 Å². The summed E-state index contributed by atoms with van der Waals surface area (Å²) in [7, 11) is 0. The molecule has 0 aliphatic carbocycles. The Morgan fingerprint density at radius 1 is 1.31 bits per heavy atom. The van der Waals surface area contributed by atoms with E-state index >= 15 is 0 Å². The van der Waals surface area contributed by atoms with E-state index in [1.165, 1.54) is 12.8 Å². The van der Waals surface area contributed by atoms with Crippen LogP contribution in [0.15, 0.2) is 0 Å². The van der Waals surface area contributed by atoms with Gasteiger partial charge in [-0.3, -0.25) is 4.90 Å². The Labute approximate surface area is 81.4 Å². The highest BCUT2D eigenvalue weighted by Crippen LogP contribution is 2.04. The van der Waals surface area contributed by atoms with Gasteiger partial charge in [-0.1, -0.05) is 13.8 Å². The standard InChI is InChI=1S/C10H21N2O/c1-3-6-12(7-4-2)10-9-13-8-5-11-10/h10H,3-9H2,1-2H3. The van der Waals surface area contributed by atoms with Crippen LogP contribution in [0.2, 0.25) is 0 Å². The lowest BCUT2D eigenvalue weighted by Crippen LogP contribution is -2.49. The third kappa shape index (κ3) is 3.63. The lowest BCUT2D eigenvalue weighted by atomic mass is 10.3. The topological polar surface area (TPSA) is 26.6 Å². The molecule has 0 spiro atoms. The van der Waals surface area contributed by atoms with Crippen LogP contribution in [0.5, 0.6) is 0 Å². The van der Waals surface area contributed by atoms with Gasteiger partial charge in [-0.05, 0) is 25.9 Å². The van der Waals surface area contributed by atoms with Gasteiger partial charge in [0.1, 0.15) is 0 Å². The Kier molecular flexibility index (Phi) is 5.35. The van der Waals surface area contributed by atoms with Crippen molar-refractivity contribution in [3.05, 3.63) is 0 Å². The van der Waals surface area contributed by atoms with Crippen molar-refractivity contribution in [1.82, 2.24) is 10.2 Å². The van der Waals surface area contributed by atoms with Gasteiger partial charge in [-0.25, -0.2) is 5.32 Å². The lowest BCUT2D eigenvalue weighted by molar-refractivity contribution is 0.00636. The first-order chi connectivity index (χ1) is 6.38. The molecule has 1 aliphatic rings. The van der Waals surface area contributed by atoms with Crippen LogP contribution in [0.1, 0.15) is 26.7 Å². The predicted molar refractivity (Wildman–Crippen MR) is 53.8 cm³/mol. The second-order valence-electron chi connectivity index (χ2n) is 3.50. The van der Waals surface area contributed by atoms with Crippen molar-refractivity contribution < 1.29 is 4.74 Å². The summed E-state index contributed by atoms with van der Waals surface area (Å²) in [5, 5.41) is 4.57. The van der Waals surface area contributed by atoms with Crippen LogP contribution >= 0.6 is 0 Å². The smallest absolute Gasteiger partial charge is 0.0998 e. The first-order valence-electron chi connectivity index (χ1n) is 5.36. The van der Waals surface area contributed by atoms with E-state index in [0.29, 0.717) is 6.17 Å². The van der Waals surface area contributed by atoms with E-state index in [0.717, 1.165) is 32.8 Å². The molecule has 0 aromatic heterocycles. The summed E-state index contributed by atoms with van der Waals surface area (Å²) in [5.74, 6) is 0. The minimum atomic E-state index is 0.327. The third-order valence-corrected chi connectivity index (χ3v) is 2.29. The largest absolute Gasteiger partial charge is 0.377 e. The Balaban J connectivity index is 2.32. The molecule has 1 heterocycles. The van der Waals surface area contributed by atoms with Crippen LogP contribution in [0.3, 0.4) is 0 Å². The van der Waals surface area contributed by atoms with Crippen LogP contribution in [-0.2, 0) is 4.74 Å². The summed E-state index contributed by atoms with van der Waals surface area (Å²) in [5.41, 5.74) is 0. The molecule has 0 saturated carbocycles. The molecule has 3 nitrogen and oxygen atoms in total. The second-order valence-corrected chi connectivity index (χ2v) is 3.50. The fourth-order valence-electron chi connectivity index (χ4n) is 1.71. The quantitative estimate of drug-likeness (QED) is 0.640. The molecular formula is C10H21N2O. The Hall–Kier alpha value is -0.120. The van der Waals surface area contributed by atoms with E-state index in [-0.39, 0.29) is 0 Å². The SMILES string of the molecule is CCCN(CCC)C1COCC[N]1. The summed E-state index contributed by atoms with van der Waals surface area (Å²) in [6.45, 7) is 9.19. The Morgan fingerprint density at radius 3 is 2.46 bits per heavy atom. The highest BCUT2D eigenvalue weighted by Gasteiger charge is 2.20. The zero-order chi connectivity index (χ0) is 9.52. The summed E-state index contributed by atoms with van der Waals surface area (Å²) < 4.78 is 5.42. The van der Waals surface area contributed by atoms with Gasteiger partial charge in [0.25, 0.3) is 0 Å². The second kappa shape index (κ2) is 6.35. The normalized spacial score (nSPS) is 23.8. The maximum Gasteiger partial charge on any atom is 0.0998 e. The van der Waals surface area contributed by atoms with Gasteiger partial charge in [-0.15, -0.1) is 0 Å². The lowest BCUT2D eigenvalue weighted by Gasteiger charge is -2.33. The number of nitrogens with zero attached hydrogens (tertiary/aromatic N) is 2. The van der Waals surface area contributed by atoms with Crippen molar-refractivity contribution in [1.29, 1.82) is 0 Å². The van der Waals surface area contributed by atoms with Gasteiger partial charge in [0.2, 0.25) is 0 Å². The molecular weight excluding hydrogens is 164 g/mol. The molecule has 1 fully saturated rings. The predicted octanol–water partition coefficient (Wildman–Crippen LogP) is 1.07. The molecule has 0 aromatic carbocycles. The zero-order valence-electron chi connectivity index (χ0n) is 8.83. The zero-order valence-corrected chi connectivity index (χ0v) is 8.83. The van der Waals surface area contributed by atoms with Crippen molar-refractivity contribution in [2.24, 2.45) is 0 Å². The molecule has 1 saturated heterocycles. The van der Waals surface area contributed by atoms with Crippen molar-refractivity contribution in [2.45, 2.75) is 32.9 Å². The number of morpholine rings is 1. The summed E-state index contributed by atoms with van der Waals surface area (Å²) >= 11 is 0. The monoisotopic (exact) mass is 185 g/mol. The minimum Gasteiger partial charge on any atom is -0.377 e. The van der Waals surface area contributed by atoms with Crippen LogP contribution in [-0.4, -0.2) is 43.9 Å². The highest BCUT2D eigenvalue weighted by molar-refractivity contribution is 4.71. The number of hydrogen-bond donors (Lipinski definition) is 0. The molecule has 0 aromatic rings. The van der Waals surface area contributed by atoms with Gasteiger partial charge < -0.3 is 4.74 Å². The average molecular weight is 185 g/mol. The molecule has 1 unspecified atom stereocenters. The van der Waals surface area contributed by atoms with E-state index in [1.54, 1.807) is 0 Å². The van der Waals surface area contributed by atoms with E-state index < -0.39 is 0 Å². The molecule has 1 aliphatic heterocycles. The maximum atomic E-state index is 5.42. The van der Waals surface area contributed by atoms with Crippen LogP contribution in [0, 0.1) is 0 Å². The van der Waals surface area contributed by atoms with Crippen molar-refractivity contribution in [3.63, 3.8) is 0 Å². The third-order valence-electron chi connectivity index (χ3n) is 2.29. The molecule has 77 valence electrons. The fourth-order valence-corrected chi connectivity index (χ4v) is 1.71. The van der Waals surface area contributed by atoms with Gasteiger partial charge in [-0.2, -0.15) is 0 Å². The molecule has 1 radical (unpaired) electrons. The molecule has 0 amide bonds. The summed E-state index contributed by atoms with van der Waals surface area (Å²) in [6.07, 6.45) is 2.73. The minimum absolute atomic E-state index is 0.327. The number of ether oxygens (including phenoxy) is 1. The van der Waals surface area contributed by atoms with Gasteiger partial charge in [0, 0.05) is 6.54 Å². The molecule has 1 atom stereocenters. The number of hydrogen-bond acceptors (Lipinski definition) is 2. The van der Waals surface area contributed by atoms with E-state index in [4.69, 9.17) is 4.74 Å². The average Bonchev–Trinajstić information content (AvgIpc) is 2.19. The van der Waals surface area contributed by atoms with Gasteiger partial charge >= 0.3 is 0 Å². The first-order valence-corrected chi connectivity index (χ1v) is 5.36.